The van der Waals surface area contributed by atoms with Gasteiger partial charge in [0.1, 0.15) is 12.4 Å². The van der Waals surface area contributed by atoms with Crippen molar-refractivity contribution in [2.24, 2.45) is 0 Å². The number of carbonyl (C=O) groups excluding carboxylic acids is 2. The zero-order valence-electron chi connectivity index (χ0n) is 20.0. The summed E-state index contributed by atoms with van der Waals surface area (Å²) in [5, 5.41) is 1.97. The molecule has 0 unspecified atom stereocenters. The second kappa shape index (κ2) is 11.2. The van der Waals surface area contributed by atoms with Crippen LogP contribution >= 0.6 is 39.3 Å². The summed E-state index contributed by atoms with van der Waals surface area (Å²) in [7, 11) is 1.54. The van der Waals surface area contributed by atoms with Crippen LogP contribution in [0.15, 0.2) is 82.2 Å². The molecule has 0 aliphatic carbocycles. The number of hydrogen-bond donors (Lipinski definition) is 0. The van der Waals surface area contributed by atoms with Crippen LogP contribution in [0.5, 0.6) is 11.5 Å². The van der Waals surface area contributed by atoms with Gasteiger partial charge in [0.2, 0.25) is 0 Å². The van der Waals surface area contributed by atoms with Crippen molar-refractivity contribution in [3.05, 3.63) is 110 Å². The number of imide groups is 1. The van der Waals surface area contributed by atoms with Gasteiger partial charge in [-0.1, -0.05) is 60.1 Å². The Morgan fingerprint density at radius 3 is 2.61 bits per heavy atom. The number of ether oxygens (including phenoxy) is 2. The van der Waals surface area contributed by atoms with E-state index < -0.39 is 17.0 Å². The molecule has 0 N–H and O–H groups in total. The number of rotatable bonds is 7. The van der Waals surface area contributed by atoms with Crippen molar-refractivity contribution in [1.82, 2.24) is 4.90 Å². The molecule has 9 heteroatoms. The predicted molar refractivity (Wildman–Crippen MR) is 152 cm³/mol. The van der Waals surface area contributed by atoms with Gasteiger partial charge in [0, 0.05) is 5.02 Å². The molecule has 1 heterocycles. The molecule has 0 radical (unpaired) electrons. The van der Waals surface area contributed by atoms with Crippen LogP contribution < -0.4 is 9.47 Å². The van der Waals surface area contributed by atoms with E-state index in [4.69, 9.17) is 21.1 Å². The number of thioether (sulfide) groups is 1. The standard InChI is InChI=1S/C29H20BrClFNO4S/c1-36-25-12-17(11-23(30)27(25)37-16-20-7-4-6-18-5-2-3-8-22(18)20)13-26-28(34)33(29(35)38-26)15-19-9-10-21(32)14-24(19)31/h2-14H,15-16H2,1H3/b26-13-. The summed E-state index contributed by atoms with van der Waals surface area (Å²) >= 11 is 10.5. The van der Waals surface area contributed by atoms with Gasteiger partial charge in [0.15, 0.2) is 11.5 Å². The SMILES string of the molecule is COc1cc(/C=C2\SC(=O)N(Cc3ccc(F)cc3Cl)C2=O)cc(Br)c1OCc1cccc2ccccc12. The maximum Gasteiger partial charge on any atom is 0.293 e. The molecule has 5 nitrogen and oxygen atoms in total. The fourth-order valence-electron chi connectivity index (χ4n) is 4.14. The van der Waals surface area contributed by atoms with Gasteiger partial charge < -0.3 is 9.47 Å². The molecule has 0 bridgehead atoms. The minimum absolute atomic E-state index is 0.0465. The third-order valence-corrected chi connectivity index (χ3v) is 7.87. The number of carbonyl (C=O) groups is 2. The van der Waals surface area contributed by atoms with E-state index in [0.717, 1.165) is 39.1 Å². The highest BCUT2D eigenvalue weighted by atomic mass is 79.9. The summed E-state index contributed by atoms with van der Waals surface area (Å²) in [5.41, 5.74) is 2.17. The van der Waals surface area contributed by atoms with Gasteiger partial charge in [-0.2, -0.15) is 0 Å². The van der Waals surface area contributed by atoms with Gasteiger partial charge in [-0.05, 0) is 85.5 Å². The molecule has 0 aromatic heterocycles. The van der Waals surface area contributed by atoms with E-state index in [1.54, 1.807) is 18.2 Å². The molecule has 2 amide bonds. The molecule has 1 fully saturated rings. The predicted octanol–water partition coefficient (Wildman–Crippen LogP) is 8.22. The molecule has 0 atom stereocenters. The van der Waals surface area contributed by atoms with Gasteiger partial charge in [-0.15, -0.1) is 0 Å². The number of methoxy groups -OCH3 is 1. The Hall–Kier alpha value is -3.33. The average Bonchev–Trinajstić information content (AvgIpc) is 3.16. The van der Waals surface area contributed by atoms with Crippen molar-refractivity contribution in [1.29, 1.82) is 0 Å². The van der Waals surface area contributed by atoms with Crippen LogP contribution in [0.25, 0.3) is 16.8 Å². The van der Waals surface area contributed by atoms with E-state index in [-0.39, 0.29) is 16.5 Å². The second-order valence-electron chi connectivity index (χ2n) is 8.46. The van der Waals surface area contributed by atoms with Crippen LogP contribution in [0.2, 0.25) is 5.02 Å². The van der Waals surface area contributed by atoms with Crippen LogP contribution in [-0.2, 0) is 17.9 Å². The van der Waals surface area contributed by atoms with Crippen LogP contribution in [-0.4, -0.2) is 23.2 Å². The normalized spacial score (nSPS) is 14.5. The van der Waals surface area contributed by atoms with E-state index in [1.165, 1.54) is 19.2 Å². The molecule has 0 spiro atoms. The summed E-state index contributed by atoms with van der Waals surface area (Å²) in [6, 6.07) is 21.6. The van der Waals surface area contributed by atoms with Crippen molar-refractivity contribution in [3.8, 4) is 11.5 Å². The first-order valence-corrected chi connectivity index (χ1v) is 13.5. The van der Waals surface area contributed by atoms with Crippen molar-refractivity contribution in [2.45, 2.75) is 13.2 Å². The molecule has 1 aliphatic heterocycles. The second-order valence-corrected chi connectivity index (χ2v) is 10.7. The van der Waals surface area contributed by atoms with E-state index in [2.05, 4.69) is 34.1 Å². The minimum atomic E-state index is -0.489. The van der Waals surface area contributed by atoms with Crippen molar-refractivity contribution in [2.75, 3.05) is 7.11 Å². The fourth-order valence-corrected chi connectivity index (χ4v) is 5.78. The van der Waals surface area contributed by atoms with Crippen molar-refractivity contribution >= 4 is 67.3 Å². The monoisotopic (exact) mass is 611 g/mol. The van der Waals surface area contributed by atoms with Crippen LogP contribution in [0, 0.1) is 5.82 Å². The highest BCUT2D eigenvalue weighted by molar-refractivity contribution is 9.10. The van der Waals surface area contributed by atoms with Crippen LogP contribution in [0.3, 0.4) is 0 Å². The zero-order valence-corrected chi connectivity index (χ0v) is 23.2. The third-order valence-electron chi connectivity index (χ3n) is 6.02. The summed E-state index contributed by atoms with van der Waals surface area (Å²) in [6.07, 6.45) is 1.62. The Bertz CT molecular complexity index is 1600. The highest BCUT2D eigenvalue weighted by Gasteiger charge is 2.35. The van der Waals surface area contributed by atoms with Gasteiger partial charge in [-0.3, -0.25) is 14.5 Å². The molecule has 4 aromatic carbocycles. The largest absolute Gasteiger partial charge is 0.493 e. The molecular weight excluding hydrogens is 593 g/mol. The number of fused-ring (bicyclic) bond motifs is 1. The lowest BCUT2D eigenvalue weighted by molar-refractivity contribution is -0.123. The average molecular weight is 613 g/mol. The Morgan fingerprint density at radius 1 is 1.03 bits per heavy atom. The summed E-state index contributed by atoms with van der Waals surface area (Å²) in [4.78, 5) is 26.9. The van der Waals surface area contributed by atoms with Gasteiger partial charge in [0.25, 0.3) is 11.1 Å². The smallest absolute Gasteiger partial charge is 0.293 e. The molecule has 5 rings (SSSR count). The van der Waals surface area contributed by atoms with Gasteiger partial charge >= 0.3 is 0 Å². The van der Waals surface area contributed by atoms with Gasteiger partial charge in [-0.25, -0.2) is 4.39 Å². The molecule has 4 aromatic rings. The summed E-state index contributed by atoms with van der Waals surface area (Å²) < 4.78 is 25.7. The topological polar surface area (TPSA) is 55.8 Å². The lowest BCUT2D eigenvalue weighted by Gasteiger charge is -2.15. The highest BCUT2D eigenvalue weighted by Crippen LogP contribution is 2.40. The first-order valence-electron chi connectivity index (χ1n) is 11.5. The number of benzene rings is 4. The van der Waals surface area contributed by atoms with Crippen molar-refractivity contribution < 1.29 is 23.5 Å². The maximum atomic E-state index is 13.4. The Balaban J connectivity index is 1.36. The zero-order chi connectivity index (χ0) is 26.8. The first kappa shape index (κ1) is 26.3. The van der Waals surface area contributed by atoms with E-state index in [0.29, 0.717) is 33.7 Å². The molecule has 1 saturated heterocycles. The number of nitrogens with zero attached hydrogens (tertiary/aromatic N) is 1. The Kier molecular flexibility index (Phi) is 7.74. The van der Waals surface area contributed by atoms with Crippen LogP contribution in [0.4, 0.5) is 9.18 Å². The minimum Gasteiger partial charge on any atom is -0.493 e. The molecular formula is C29H20BrClFNO4S. The lowest BCUT2D eigenvalue weighted by Crippen LogP contribution is -2.27. The van der Waals surface area contributed by atoms with E-state index >= 15 is 0 Å². The quantitative estimate of drug-likeness (QED) is 0.197. The summed E-state index contributed by atoms with van der Waals surface area (Å²) in [6.45, 7) is 0.287. The number of amides is 2. The first-order chi connectivity index (χ1) is 18.3. The number of halogens is 3. The molecule has 0 saturated carbocycles. The fraction of sp³-hybridized carbons (Fsp3) is 0.103. The molecule has 1 aliphatic rings. The van der Waals surface area contributed by atoms with Gasteiger partial charge in [0.05, 0.1) is 23.0 Å². The molecule has 38 heavy (non-hydrogen) atoms. The Morgan fingerprint density at radius 2 is 1.82 bits per heavy atom. The third kappa shape index (κ3) is 5.43. The van der Waals surface area contributed by atoms with E-state index in [9.17, 15) is 14.0 Å². The van der Waals surface area contributed by atoms with Crippen molar-refractivity contribution in [3.63, 3.8) is 0 Å². The Labute approximate surface area is 236 Å². The molecule has 192 valence electrons. The van der Waals surface area contributed by atoms with E-state index in [1.807, 2.05) is 24.3 Å². The van der Waals surface area contributed by atoms with Crippen LogP contribution in [0.1, 0.15) is 16.7 Å². The lowest BCUT2D eigenvalue weighted by atomic mass is 10.1. The summed E-state index contributed by atoms with van der Waals surface area (Å²) in [5.74, 6) is 0.0587. The number of hydrogen-bond acceptors (Lipinski definition) is 5. The maximum absolute atomic E-state index is 13.4.